The van der Waals surface area contributed by atoms with E-state index in [1.807, 2.05) is 36.4 Å². The molecule has 5 heteroatoms. The van der Waals surface area contributed by atoms with Crippen LogP contribution in [0.5, 0.6) is 5.75 Å². The van der Waals surface area contributed by atoms with Crippen molar-refractivity contribution in [2.45, 2.75) is 25.3 Å². The molecule has 2 N–H and O–H groups in total. The minimum atomic E-state index is 0.0979. The number of benzene rings is 2. The summed E-state index contributed by atoms with van der Waals surface area (Å²) in [5, 5.41) is 4.16. The van der Waals surface area contributed by atoms with Crippen molar-refractivity contribution in [3.63, 3.8) is 0 Å². The second kappa shape index (κ2) is 6.09. The molecule has 0 bridgehead atoms. The molecule has 0 saturated carbocycles. The number of ether oxygens (including phenoxy) is 1. The van der Waals surface area contributed by atoms with Gasteiger partial charge < -0.3 is 15.0 Å². The molecule has 1 heterocycles. The second-order valence-corrected chi connectivity index (χ2v) is 5.98. The van der Waals surface area contributed by atoms with E-state index in [2.05, 4.69) is 16.2 Å². The molecule has 24 heavy (non-hydrogen) atoms. The maximum absolute atomic E-state index is 5.64. The summed E-state index contributed by atoms with van der Waals surface area (Å²) in [6, 6.07) is 14.1. The average molecular weight is 321 g/mol. The Morgan fingerprint density at radius 1 is 1.21 bits per heavy atom. The molecule has 122 valence electrons. The number of hydrogen-bond acceptors (Lipinski definition) is 5. The van der Waals surface area contributed by atoms with Gasteiger partial charge in [0, 0.05) is 17.7 Å². The van der Waals surface area contributed by atoms with Crippen LogP contribution in [-0.2, 0) is 13.0 Å². The topological polar surface area (TPSA) is 74.2 Å². The minimum absolute atomic E-state index is 0.0979. The second-order valence-electron chi connectivity index (χ2n) is 5.98. The van der Waals surface area contributed by atoms with Crippen molar-refractivity contribution in [2.24, 2.45) is 5.73 Å². The van der Waals surface area contributed by atoms with Crippen LogP contribution in [0.25, 0.3) is 11.4 Å². The number of fused-ring (bicyclic) bond motifs is 1. The number of nitrogens with two attached hydrogens (primary N) is 1. The van der Waals surface area contributed by atoms with Gasteiger partial charge in [-0.2, -0.15) is 4.98 Å². The first-order valence-electron chi connectivity index (χ1n) is 8.09. The van der Waals surface area contributed by atoms with E-state index >= 15 is 0 Å². The fraction of sp³-hybridized carbons (Fsp3) is 0.263. The van der Waals surface area contributed by atoms with E-state index in [1.165, 1.54) is 11.1 Å². The molecule has 4 rings (SSSR count). The van der Waals surface area contributed by atoms with Crippen LogP contribution in [-0.4, -0.2) is 17.3 Å². The summed E-state index contributed by atoms with van der Waals surface area (Å²) in [6.45, 7) is 0.524. The monoisotopic (exact) mass is 321 g/mol. The largest absolute Gasteiger partial charge is 0.496 e. The molecule has 5 nitrogen and oxygen atoms in total. The predicted octanol–water partition coefficient (Wildman–Crippen LogP) is 3.28. The summed E-state index contributed by atoms with van der Waals surface area (Å²) in [5.74, 6) is 2.25. The molecule has 0 radical (unpaired) electrons. The maximum Gasteiger partial charge on any atom is 0.234 e. The van der Waals surface area contributed by atoms with Crippen molar-refractivity contribution < 1.29 is 9.26 Å². The van der Waals surface area contributed by atoms with Gasteiger partial charge >= 0.3 is 0 Å². The van der Waals surface area contributed by atoms with Crippen molar-refractivity contribution in [2.75, 3.05) is 7.11 Å². The van der Waals surface area contributed by atoms with Crippen molar-refractivity contribution in [3.05, 3.63) is 65.0 Å². The highest BCUT2D eigenvalue weighted by Gasteiger charge is 2.31. The molecule has 1 aromatic heterocycles. The molecule has 0 amide bonds. The quantitative estimate of drug-likeness (QED) is 0.798. The summed E-state index contributed by atoms with van der Waals surface area (Å²) in [6.07, 6.45) is 1.96. The highest BCUT2D eigenvalue weighted by Crippen LogP contribution is 2.42. The molecule has 0 fully saturated rings. The van der Waals surface area contributed by atoms with E-state index in [0.29, 0.717) is 18.3 Å². The molecular weight excluding hydrogens is 302 g/mol. The van der Waals surface area contributed by atoms with Crippen LogP contribution in [0.1, 0.15) is 34.9 Å². The Bertz CT molecular complexity index is 855. The third-order valence-electron chi connectivity index (χ3n) is 4.61. The first-order chi connectivity index (χ1) is 11.8. The number of aryl methyl sites for hydroxylation is 1. The molecule has 2 aromatic carbocycles. The fourth-order valence-corrected chi connectivity index (χ4v) is 3.36. The lowest BCUT2D eigenvalue weighted by molar-refractivity contribution is 0.359. The lowest BCUT2D eigenvalue weighted by Gasteiger charge is -2.11. The van der Waals surface area contributed by atoms with Gasteiger partial charge in [-0.05, 0) is 30.0 Å². The zero-order valence-corrected chi connectivity index (χ0v) is 13.5. The van der Waals surface area contributed by atoms with Crippen LogP contribution in [0.15, 0.2) is 47.0 Å². The predicted molar refractivity (Wildman–Crippen MR) is 90.8 cm³/mol. The molecule has 0 aliphatic heterocycles. The van der Waals surface area contributed by atoms with E-state index in [0.717, 1.165) is 29.7 Å². The van der Waals surface area contributed by atoms with Crippen molar-refractivity contribution >= 4 is 0 Å². The Morgan fingerprint density at radius 3 is 2.79 bits per heavy atom. The molecule has 0 spiro atoms. The summed E-state index contributed by atoms with van der Waals surface area (Å²) in [4.78, 5) is 4.63. The average Bonchev–Trinajstić information content (AvgIpc) is 3.28. The smallest absolute Gasteiger partial charge is 0.234 e. The van der Waals surface area contributed by atoms with Gasteiger partial charge in [0.1, 0.15) is 5.75 Å². The van der Waals surface area contributed by atoms with Crippen LogP contribution in [0.2, 0.25) is 0 Å². The van der Waals surface area contributed by atoms with Crippen LogP contribution >= 0.6 is 0 Å². The Morgan fingerprint density at radius 2 is 2.04 bits per heavy atom. The van der Waals surface area contributed by atoms with E-state index in [-0.39, 0.29) is 5.92 Å². The van der Waals surface area contributed by atoms with Gasteiger partial charge in [0.05, 0.1) is 13.0 Å². The summed E-state index contributed by atoms with van der Waals surface area (Å²) < 4.78 is 11.1. The zero-order valence-electron chi connectivity index (χ0n) is 13.5. The number of nitrogens with zero attached hydrogens (tertiary/aromatic N) is 2. The summed E-state index contributed by atoms with van der Waals surface area (Å²) in [5.41, 5.74) is 10.1. The molecular formula is C19H19N3O2. The first-order valence-corrected chi connectivity index (χ1v) is 8.09. The van der Waals surface area contributed by atoms with Gasteiger partial charge in [-0.3, -0.25) is 0 Å². The van der Waals surface area contributed by atoms with Gasteiger partial charge in [0.2, 0.25) is 11.7 Å². The molecule has 3 aromatic rings. The van der Waals surface area contributed by atoms with E-state index in [9.17, 15) is 0 Å². The van der Waals surface area contributed by atoms with Gasteiger partial charge in [0.25, 0.3) is 0 Å². The van der Waals surface area contributed by atoms with E-state index in [1.54, 1.807) is 7.11 Å². The van der Waals surface area contributed by atoms with Crippen molar-refractivity contribution in [1.29, 1.82) is 0 Å². The zero-order chi connectivity index (χ0) is 16.5. The van der Waals surface area contributed by atoms with Gasteiger partial charge in [-0.15, -0.1) is 0 Å². The lowest BCUT2D eigenvalue weighted by atomic mass is 10.00. The first kappa shape index (κ1) is 14.9. The Kier molecular flexibility index (Phi) is 3.78. The number of aromatic nitrogens is 2. The normalized spacial score (nSPS) is 16.2. The molecule has 1 atom stereocenters. The SMILES string of the molecule is COc1cccc2c1C(c1nc(-c3ccc(CN)cc3)no1)CC2. The fourth-order valence-electron chi connectivity index (χ4n) is 3.36. The minimum Gasteiger partial charge on any atom is -0.496 e. The van der Waals surface area contributed by atoms with Crippen LogP contribution in [0.3, 0.4) is 0 Å². The highest BCUT2D eigenvalue weighted by molar-refractivity contribution is 5.55. The van der Waals surface area contributed by atoms with Crippen molar-refractivity contribution in [1.82, 2.24) is 10.1 Å². The Labute approximate surface area is 140 Å². The number of hydrogen-bond donors (Lipinski definition) is 1. The standard InChI is InChI=1S/C19H19N3O2/c1-23-16-4-2-3-13-9-10-15(17(13)16)19-21-18(22-24-19)14-7-5-12(11-20)6-8-14/h2-8,15H,9-11,20H2,1H3. The van der Waals surface area contributed by atoms with Crippen molar-refractivity contribution in [3.8, 4) is 17.1 Å². The molecule has 1 aliphatic carbocycles. The highest BCUT2D eigenvalue weighted by atomic mass is 16.5. The van der Waals surface area contributed by atoms with Crippen LogP contribution < -0.4 is 10.5 Å². The van der Waals surface area contributed by atoms with Gasteiger partial charge in [0.15, 0.2) is 0 Å². The summed E-state index contributed by atoms with van der Waals surface area (Å²) >= 11 is 0. The lowest BCUT2D eigenvalue weighted by Crippen LogP contribution is -2.00. The number of rotatable bonds is 4. The number of methoxy groups -OCH3 is 1. The van der Waals surface area contributed by atoms with Crippen LogP contribution in [0.4, 0.5) is 0 Å². The van der Waals surface area contributed by atoms with E-state index < -0.39 is 0 Å². The third kappa shape index (κ3) is 2.47. The van der Waals surface area contributed by atoms with E-state index in [4.69, 9.17) is 15.0 Å². The Balaban J connectivity index is 1.67. The summed E-state index contributed by atoms with van der Waals surface area (Å²) in [7, 11) is 1.70. The molecule has 0 saturated heterocycles. The van der Waals surface area contributed by atoms with Gasteiger partial charge in [-0.1, -0.05) is 41.6 Å². The van der Waals surface area contributed by atoms with Crippen LogP contribution in [0, 0.1) is 0 Å². The Hall–Kier alpha value is -2.66. The molecule has 1 aliphatic rings. The third-order valence-corrected chi connectivity index (χ3v) is 4.61. The van der Waals surface area contributed by atoms with Gasteiger partial charge in [-0.25, -0.2) is 0 Å². The maximum atomic E-state index is 5.64. The molecule has 1 unspecified atom stereocenters.